The molecule has 0 aromatic heterocycles. The van der Waals surface area contributed by atoms with Gasteiger partial charge < -0.3 is 9.16 Å². The zero-order valence-corrected chi connectivity index (χ0v) is 20.8. The number of carbonyl (C=O) groups excluding carboxylic acids is 4. The first kappa shape index (κ1) is 25.8. The first-order valence-corrected chi connectivity index (χ1v) is 14.0. The molecule has 0 radical (unpaired) electrons. The number of imide groups is 1. The van der Waals surface area contributed by atoms with E-state index >= 15 is 0 Å². The highest BCUT2D eigenvalue weighted by molar-refractivity contribution is 8.13. The molecule has 0 N–H and O–H groups in total. The van der Waals surface area contributed by atoms with E-state index in [-0.39, 0.29) is 16.8 Å². The molecule has 1 heterocycles. The molecule has 0 spiro atoms. The number of hydrogen-bond acceptors (Lipinski definition) is 7. The fourth-order valence-electron chi connectivity index (χ4n) is 3.20. The first-order valence-electron chi connectivity index (χ1n) is 10.1. The molecule has 9 heteroatoms. The van der Waals surface area contributed by atoms with Crippen LogP contribution in [0.2, 0.25) is 18.1 Å². The Hall–Kier alpha value is -1.19. The van der Waals surface area contributed by atoms with Crippen LogP contribution in [0.3, 0.4) is 0 Å². The maximum Gasteiger partial charge on any atom is 0.397 e. The van der Waals surface area contributed by atoms with Crippen molar-refractivity contribution in [2.75, 3.05) is 12.4 Å². The molecule has 0 unspecified atom stereocenters. The summed E-state index contributed by atoms with van der Waals surface area (Å²) in [5.74, 6) is -3.24. The minimum atomic E-state index is -2.17. The molecule has 29 heavy (non-hydrogen) atoms. The number of ether oxygens (including phenoxy) is 1. The number of β-lactam (4-membered cyclic amide) rings is 1. The summed E-state index contributed by atoms with van der Waals surface area (Å²) in [5, 5.41) is -0.167. The standard InChI is InChI=1S/C20H35NO6SSi/c1-10-26-18(24)17(23)21-15(12(3)19(25)28-11-2)14(16(21)22)13(4)27-29(8,9)20(5,6)7/h12-15H,10-11H2,1-9H3/t12-,13-,14-,15-/m1/s1. The van der Waals surface area contributed by atoms with Gasteiger partial charge in [0.2, 0.25) is 5.91 Å². The summed E-state index contributed by atoms with van der Waals surface area (Å²) in [7, 11) is -2.17. The number of amides is 2. The molecule has 1 rings (SSSR count). The highest BCUT2D eigenvalue weighted by Gasteiger charge is 2.58. The fourth-order valence-corrected chi connectivity index (χ4v) is 5.32. The van der Waals surface area contributed by atoms with Gasteiger partial charge in [-0.15, -0.1) is 0 Å². The highest BCUT2D eigenvalue weighted by atomic mass is 32.2. The summed E-state index contributed by atoms with van der Waals surface area (Å²) in [6.07, 6.45) is -0.471. The fraction of sp³-hybridized carbons (Fsp3) is 0.800. The summed E-state index contributed by atoms with van der Waals surface area (Å²) in [5.41, 5.74) is 0. The Labute approximate surface area is 179 Å². The van der Waals surface area contributed by atoms with Crippen molar-refractivity contribution in [3.63, 3.8) is 0 Å². The van der Waals surface area contributed by atoms with Crippen molar-refractivity contribution in [3.8, 4) is 0 Å². The summed E-state index contributed by atoms with van der Waals surface area (Å²) < 4.78 is 11.1. The van der Waals surface area contributed by atoms with Gasteiger partial charge in [0.05, 0.1) is 24.7 Å². The lowest BCUT2D eigenvalue weighted by atomic mass is 9.77. The molecule has 166 valence electrons. The van der Waals surface area contributed by atoms with Gasteiger partial charge >= 0.3 is 11.9 Å². The molecule has 1 aliphatic heterocycles. The van der Waals surface area contributed by atoms with Crippen molar-refractivity contribution < 1.29 is 28.3 Å². The number of nitrogens with zero attached hydrogens (tertiary/aromatic N) is 1. The molecular formula is C20H35NO6SSi. The normalized spacial score (nSPS) is 22.0. The molecule has 7 nitrogen and oxygen atoms in total. The molecule has 0 aromatic rings. The predicted molar refractivity (Wildman–Crippen MR) is 116 cm³/mol. The van der Waals surface area contributed by atoms with Gasteiger partial charge in [0, 0.05) is 5.92 Å². The van der Waals surface area contributed by atoms with E-state index in [9.17, 15) is 19.2 Å². The van der Waals surface area contributed by atoms with Gasteiger partial charge in [-0.1, -0.05) is 46.4 Å². The van der Waals surface area contributed by atoms with Gasteiger partial charge in [-0.2, -0.15) is 0 Å². The van der Waals surface area contributed by atoms with E-state index in [4.69, 9.17) is 9.16 Å². The average Bonchev–Trinajstić information content (AvgIpc) is 2.57. The van der Waals surface area contributed by atoms with E-state index in [0.29, 0.717) is 5.75 Å². The molecule has 0 aromatic carbocycles. The minimum Gasteiger partial charge on any atom is -0.459 e. The smallest absolute Gasteiger partial charge is 0.397 e. The van der Waals surface area contributed by atoms with Crippen molar-refractivity contribution in [2.45, 2.75) is 78.7 Å². The van der Waals surface area contributed by atoms with Crippen molar-refractivity contribution in [1.82, 2.24) is 4.90 Å². The van der Waals surface area contributed by atoms with Gasteiger partial charge in [0.1, 0.15) is 0 Å². The largest absolute Gasteiger partial charge is 0.459 e. The van der Waals surface area contributed by atoms with Crippen LogP contribution < -0.4 is 0 Å². The van der Waals surface area contributed by atoms with E-state index in [0.717, 1.165) is 16.7 Å². The van der Waals surface area contributed by atoms with Crippen molar-refractivity contribution in [3.05, 3.63) is 0 Å². The quantitative estimate of drug-likeness (QED) is 0.257. The van der Waals surface area contributed by atoms with Crippen LogP contribution in [0.15, 0.2) is 0 Å². The maximum atomic E-state index is 12.9. The molecule has 0 saturated carbocycles. The molecular weight excluding hydrogens is 410 g/mol. The lowest BCUT2D eigenvalue weighted by molar-refractivity contribution is -0.182. The third kappa shape index (κ3) is 5.49. The van der Waals surface area contributed by atoms with Crippen LogP contribution in [-0.4, -0.2) is 60.6 Å². The van der Waals surface area contributed by atoms with E-state index in [1.54, 1.807) is 13.8 Å². The summed E-state index contributed by atoms with van der Waals surface area (Å²) in [6.45, 7) is 17.5. The Kier molecular flexibility index (Phi) is 8.68. The lowest BCUT2D eigenvalue weighted by Gasteiger charge is -2.51. The van der Waals surface area contributed by atoms with Gasteiger partial charge in [-0.05, 0) is 37.7 Å². The molecule has 0 bridgehead atoms. The number of likely N-dealkylation sites (tertiary alicyclic amines) is 1. The molecule has 4 atom stereocenters. The van der Waals surface area contributed by atoms with Crippen LogP contribution >= 0.6 is 11.8 Å². The second-order valence-corrected chi connectivity index (χ2v) is 14.9. The predicted octanol–water partition coefficient (Wildman–Crippen LogP) is 3.23. The Bertz CT molecular complexity index is 660. The minimum absolute atomic E-state index is 0.0335. The SMILES string of the molecule is CCOC(=O)C(=O)N1C(=O)[C@H]([C@@H](C)O[Si](C)(C)C(C)(C)C)[C@H]1[C@@H](C)C(=O)SCC. The van der Waals surface area contributed by atoms with Crippen molar-refractivity contribution >= 4 is 43.0 Å². The van der Waals surface area contributed by atoms with Crippen LogP contribution in [0, 0.1) is 11.8 Å². The Morgan fingerprint density at radius 1 is 1.17 bits per heavy atom. The van der Waals surface area contributed by atoms with Gasteiger partial charge in [0.15, 0.2) is 13.4 Å². The Morgan fingerprint density at radius 2 is 1.72 bits per heavy atom. The van der Waals surface area contributed by atoms with Crippen LogP contribution in [0.1, 0.15) is 48.5 Å². The number of thioether (sulfide) groups is 1. The Balaban J connectivity index is 3.18. The van der Waals surface area contributed by atoms with Crippen molar-refractivity contribution in [1.29, 1.82) is 0 Å². The highest BCUT2D eigenvalue weighted by Crippen LogP contribution is 2.42. The molecule has 1 saturated heterocycles. The van der Waals surface area contributed by atoms with E-state index < -0.39 is 50.1 Å². The van der Waals surface area contributed by atoms with E-state index in [2.05, 4.69) is 33.9 Å². The van der Waals surface area contributed by atoms with E-state index in [1.165, 1.54) is 0 Å². The van der Waals surface area contributed by atoms with Crippen LogP contribution in [0.25, 0.3) is 0 Å². The zero-order valence-electron chi connectivity index (χ0n) is 19.0. The monoisotopic (exact) mass is 445 g/mol. The number of rotatable bonds is 7. The number of carbonyl (C=O) groups is 4. The molecule has 1 fully saturated rings. The third-order valence-corrected chi connectivity index (χ3v) is 11.3. The second kappa shape index (κ2) is 9.74. The van der Waals surface area contributed by atoms with Gasteiger partial charge in [-0.25, -0.2) is 4.79 Å². The van der Waals surface area contributed by atoms with E-state index in [1.807, 2.05) is 13.8 Å². The molecule has 2 amide bonds. The molecule has 0 aliphatic carbocycles. The Morgan fingerprint density at radius 3 is 2.17 bits per heavy atom. The topological polar surface area (TPSA) is 90.0 Å². The van der Waals surface area contributed by atoms with Gasteiger partial charge in [-0.3, -0.25) is 19.3 Å². The van der Waals surface area contributed by atoms with Gasteiger partial charge in [0.25, 0.3) is 0 Å². The summed E-state index contributed by atoms with van der Waals surface area (Å²) >= 11 is 1.15. The summed E-state index contributed by atoms with van der Waals surface area (Å²) in [4.78, 5) is 50.8. The third-order valence-electron chi connectivity index (χ3n) is 5.82. The number of hydrogen-bond donors (Lipinski definition) is 0. The van der Waals surface area contributed by atoms with Crippen LogP contribution in [0.4, 0.5) is 0 Å². The maximum absolute atomic E-state index is 12.9. The lowest BCUT2D eigenvalue weighted by Crippen LogP contribution is -2.71. The first-order chi connectivity index (χ1) is 13.2. The summed E-state index contributed by atoms with van der Waals surface area (Å²) in [6, 6.07) is -0.717. The van der Waals surface area contributed by atoms with Crippen molar-refractivity contribution in [2.24, 2.45) is 11.8 Å². The zero-order chi connectivity index (χ0) is 22.7. The number of esters is 1. The second-order valence-electron chi connectivity index (χ2n) is 8.87. The van der Waals surface area contributed by atoms with Crippen LogP contribution in [-0.2, 0) is 28.3 Å². The van der Waals surface area contributed by atoms with Crippen LogP contribution in [0.5, 0.6) is 0 Å². The molecule has 1 aliphatic rings. The average molecular weight is 446 g/mol.